The number of benzene rings is 1. The monoisotopic (exact) mass is 283 g/mol. The molecule has 2 heterocycles. The Bertz CT molecular complexity index is 816. The van der Waals surface area contributed by atoms with Crippen molar-refractivity contribution in [2.75, 3.05) is 11.9 Å². The molecule has 2 N–H and O–H groups in total. The topological polar surface area (TPSA) is 75.1 Å². The number of aryl methyl sites for hydroxylation is 2. The molecular formula is C15H17N5O. The lowest BCUT2D eigenvalue weighted by Gasteiger charge is -2.04. The van der Waals surface area contributed by atoms with Crippen LogP contribution in [0.1, 0.15) is 17.1 Å². The van der Waals surface area contributed by atoms with Gasteiger partial charge in [0.05, 0.1) is 0 Å². The van der Waals surface area contributed by atoms with Gasteiger partial charge in [-0.1, -0.05) is 17.7 Å². The first-order valence-corrected chi connectivity index (χ1v) is 6.88. The minimum Gasteiger partial charge on any atom is -0.385 e. The van der Waals surface area contributed by atoms with Crippen LogP contribution >= 0.6 is 0 Å². The Kier molecular flexibility index (Phi) is 3.43. The molecule has 21 heavy (non-hydrogen) atoms. The fourth-order valence-electron chi connectivity index (χ4n) is 2.15. The molecule has 0 spiro atoms. The molecule has 0 aliphatic heterocycles. The van der Waals surface area contributed by atoms with Gasteiger partial charge >= 0.3 is 0 Å². The molecular weight excluding hydrogens is 266 g/mol. The minimum atomic E-state index is -0.136. The van der Waals surface area contributed by atoms with E-state index in [4.69, 9.17) is 0 Å². The average molecular weight is 283 g/mol. The van der Waals surface area contributed by atoms with Crippen molar-refractivity contribution in [1.82, 2.24) is 19.6 Å². The van der Waals surface area contributed by atoms with Crippen LogP contribution in [0.25, 0.3) is 5.78 Å². The van der Waals surface area contributed by atoms with Gasteiger partial charge in [0.15, 0.2) is 0 Å². The average Bonchev–Trinajstić information content (AvgIpc) is 2.84. The normalized spacial score (nSPS) is 11.0. The number of fused-ring (bicyclic) bond motifs is 1. The number of anilines is 1. The molecule has 1 aromatic carbocycles. The van der Waals surface area contributed by atoms with Crippen LogP contribution < -0.4 is 10.9 Å². The largest absolute Gasteiger partial charge is 0.385 e. The summed E-state index contributed by atoms with van der Waals surface area (Å²) in [5, 5.41) is 6.30. The Morgan fingerprint density at radius 1 is 1.19 bits per heavy atom. The standard InChI is InChI=1S/C15H17N5O/c1-10-3-5-12(6-4-10)16-8-7-13-18-15-17-11(2)9-14(21)20(15)19-13/h3-6,9,16H,7-8H2,1-2H3,(H,17,18,19). The van der Waals surface area contributed by atoms with E-state index < -0.39 is 0 Å². The summed E-state index contributed by atoms with van der Waals surface area (Å²) >= 11 is 0. The zero-order chi connectivity index (χ0) is 14.8. The molecule has 0 saturated carbocycles. The highest BCUT2D eigenvalue weighted by atomic mass is 16.1. The minimum absolute atomic E-state index is 0.136. The van der Waals surface area contributed by atoms with Crippen LogP contribution in [0, 0.1) is 13.8 Å². The number of hydrogen-bond donors (Lipinski definition) is 2. The maximum atomic E-state index is 11.8. The van der Waals surface area contributed by atoms with Gasteiger partial charge in [-0.2, -0.15) is 9.50 Å². The molecule has 0 aliphatic carbocycles. The predicted octanol–water partition coefficient (Wildman–Crippen LogP) is 1.69. The van der Waals surface area contributed by atoms with Crippen molar-refractivity contribution in [2.24, 2.45) is 0 Å². The van der Waals surface area contributed by atoms with Crippen LogP contribution in [0.15, 0.2) is 35.1 Å². The van der Waals surface area contributed by atoms with Gasteiger partial charge in [0.2, 0.25) is 0 Å². The Hall–Kier alpha value is -2.63. The van der Waals surface area contributed by atoms with Gasteiger partial charge in [-0.25, -0.2) is 4.98 Å². The van der Waals surface area contributed by atoms with Crippen LogP contribution in [0.3, 0.4) is 0 Å². The van der Waals surface area contributed by atoms with Crippen LogP contribution in [0.4, 0.5) is 5.69 Å². The highest BCUT2D eigenvalue weighted by Crippen LogP contribution is 2.08. The third-order valence-electron chi connectivity index (χ3n) is 3.25. The lowest BCUT2D eigenvalue weighted by molar-refractivity contribution is 0.835. The number of nitrogens with one attached hydrogen (secondary N) is 2. The quantitative estimate of drug-likeness (QED) is 0.764. The molecule has 6 heteroatoms. The van der Waals surface area contributed by atoms with Crippen molar-refractivity contribution in [3.63, 3.8) is 0 Å². The molecule has 0 amide bonds. The zero-order valence-electron chi connectivity index (χ0n) is 12.1. The SMILES string of the molecule is Cc1ccc(NCCc2nc3nc(C)cc(=O)n3[nH]2)cc1. The molecule has 108 valence electrons. The second-order valence-electron chi connectivity index (χ2n) is 5.08. The summed E-state index contributed by atoms with van der Waals surface area (Å²) in [4.78, 5) is 20.3. The summed E-state index contributed by atoms with van der Waals surface area (Å²) in [6, 6.07) is 9.71. The maximum Gasteiger partial charge on any atom is 0.274 e. The van der Waals surface area contributed by atoms with E-state index in [1.807, 2.05) is 12.1 Å². The first-order chi connectivity index (χ1) is 10.1. The number of rotatable bonds is 4. The van der Waals surface area contributed by atoms with Gasteiger partial charge in [-0.05, 0) is 26.0 Å². The van der Waals surface area contributed by atoms with E-state index in [2.05, 4.69) is 39.4 Å². The predicted molar refractivity (Wildman–Crippen MR) is 81.7 cm³/mol. The number of H-pyrrole nitrogens is 1. The molecule has 0 fully saturated rings. The maximum absolute atomic E-state index is 11.8. The Labute approximate surface area is 121 Å². The van der Waals surface area contributed by atoms with Crippen LogP contribution in [0.2, 0.25) is 0 Å². The fourth-order valence-corrected chi connectivity index (χ4v) is 2.15. The third kappa shape index (κ3) is 2.94. The van der Waals surface area contributed by atoms with Gasteiger partial charge in [0, 0.05) is 30.4 Å². The van der Waals surface area contributed by atoms with Gasteiger partial charge in [-0.15, -0.1) is 0 Å². The first-order valence-electron chi connectivity index (χ1n) is 6.88. The summed E-state index contributed by atoms with van der Waals surface area (Å²) < 4.78 is 1.37. The third-order valence-corrected chi connectivity index (χ3v) is 3.25. The highest BCUT2D eigenvalue weighted by Gasteiger charge is 2.06. The molecule has 0 saturated heterocycles. The smallest absolute Gasteiger partial charge is 0.274 e. The van der Waals surface area contributed by atoms with E-state index in [0.717, 1.165) is 18.1 Å². The van der Waals surface area contributed by atoms with E-state index in [0.29, 0.717) is 17.9 Å². The van der Waals surface area contributed by atoms with Crippen LogP contribution in [-0.2, 0) is 6.42 Å². The van der Waals surface area contributed by atoms with E-state index in [9.17, 15) is 4.79 Å². The van der Waals surface area contributed by atoms with Crippen molar-refractivity contribution < 1.29 is 0 Å². The van der Waals surface area contributed by atoms with Gasteiger partial charge in [0.25, 0.3) is 11.3 Å². The lowest BCUT2D eigenvalue weighted by atomic mass is 10.2. The molecule has 0 radical (unpaired) electrons. The molecule has 0 aliphatic rings. The number of nitrogens with zero attached hydrogens (tertiary/aromatic N) is 3. The van der Waals surface area contributed by atoms with Crippen LogP contribution in [-0.4, -0.2) is 26.1 Å². The Morgan fingerprint density at radius 2 is 1.95 bits per heavy atom. The second-order valence-corrected chi connectivity index (χ2v) is 5.08. The molecule has 6 nitrogen and oxygen atoms in total. The zero-order valence-corrected chi connectivity index (χ0v) is 12.1. The summed E-state index contributed by atoms with van der Waals surface area (Å²) in [5.74, 6) is 1.16. The Morgan fingerprint density at radius 3 is 2.71 bits per heavy atom. The second kappa shape index (κ2) is 5.40. The summed E-state index contributed by atoms with van der Waals surface area (Å²) in [5.41, 5.74) is 2.85. The Balaban J connectivity index is 1.69. The summed E-state index contributed by atoms with van der Waals surface area (Å²) in [6.07, 6.45) is 0.690. The molecule has 0 bridgehead atoms. The summed E-state index contributed by atoms with van der Waals surface area (Å²) in [6.45, 7) is 4.58. The van der Waals surface area contributed by atoms with E-state index >= 15 is 0 Å². The van der Waals surface area contributed by atoms with Crippen LogP contribution in [0.5, 0.6) is 0 Å². The molecule has 0 unspecified atom stereocenters. The van der Waals surface area contributed by atoms with E-state index in [-0.39, 0.29) is 5.56 Å². The van der Waals surface area contributed by atoms with Crippen molar-refractivity contribution in [3.05, 3.63) is 57.8 Å². The van der Waals surface area contributed by atoms with E-state index in [1.165, 1.54) is 16.1 Å². The van der Waals surface area contributed by atoms with Gasteiger partial charge < -0.3 is 5.32 Å². The van der Waals surface area contributed by atoms with E-state index in [1.54, 1.807) is 6.92 Å². The van der Waals surface area contributed by atoms with Crippen molar-refractivity contribution in [3.8, 4) is 0 Å². The van der Waals surface area contributed by atoms with Crippen molar-refractivity contribution in [2.45, 2.75) is 20.3 Å². The molecule has 3 aromatic rings. The summed E-state index contributed by atoms with van der Waals surface area (Å²) in [7, 11) is 0. The number of aromatic nitrogens is 4. The molecule has 3 rings (SSSR count). The molecule has 0 atom stereocenters. The first kappa shape index (κ1) is 13.4. The van der Waals surface area contributed by atoms with Gasteiger partial charge in [-0.3, -0.25) is 9.89 Å². The molecule has 2 aromatic heterocycles. The van der Waals surface area contributed by atoms with Crippen molar-refractivity contribution >= 4 is 11.5 Å². The number of hydrogen-bond acceptors (Lipinski definition) is 4. The fraction of sp³-hybridized carbons (Fsp3) is 0.267. The van der Waals surface area contributed by atoms with Gasteiger partial charge in [0.1, 0.15) is 5.82 Å². The van der Waals surface area contributed by atoms with Crippen molar-refractivity contribution in [1.29, 1.82) is 0 Å². The highest BCUT2D eigenvalue weighted by molar-refractivity contribution is 5.44. The lowest BCUT2D eigenvalue weighted by Crippen LogP contribution is -2.14. The number of aromatic amines is 1.